The van der Waals surface area contributed by atoms with Gasteiger partial charge in [-0.3, -0.25) is 4.68 Å². The second-order valence-corrected chi connectivity index (χ2v) is 3.47. The molecule has 0 saturated carbocycles. The first-order chi connectivity index (χ1) is 7.99. The summed E-state index contributed by atoms with van der Waals surface area (Å²) >= 11 is 0. The van der Waals surface area contributed by atoms with E-state index in [0.29, 0.717) is 0 Å². The number of aromatic carboxylic acids is 1. The fraction of sp³-hybridized carbons (Fsp3) is 0.0909. The maximum atomic E-state index is 13.4. The molecule has 0 aliphatic heterocycles. The number of aryl methyl sites for hydroxylation is 1. The molecule has 1 aromatic carbocycles. The number of aromatic nitrogens is 2. The van der Waals surface area contributed by atoms with Crippen LogP contribution >= 0.6 is 0 Å². The molecule has 2 rings (SSSR count). The maximum absolute atomic E-state index is 13.4. The number of hydrogen-bond donors (Lipinski definition) is 1. The van der Waals surface area contributed by atoms with Gasteiger partial charge in [0.05, 0.1) is 5.69 Å². The van der Waals surface area contributed by atoms with Crippen molar-refractivity contribution in [3.05, 3.63) is 41.6 Å². The van der Waals surface area contributed by atoms with Crippen LogP contribution in [0.25, 0.3) is 11.3 Å². The molecule has 17 heavy (non-hydrogen) atoms. The average Bonchev–Trinajstić information content (AvgIpc) is 2.60. The van der Waals surface area contributed by atoms with Gasteiger partial charge < -0.3 is 5.11 Å². The Balaban J connectivity index is 2.53. The van der Waals surface area contributed by atoms with E-state index in [-0.39, 0.29) is 17.0 Å². The molecule has 4 nitrogen and oxygen atoms in total. The van der Waals surface area contributed by atoms with Gasteiger partial charge in [0.2, 0.25) is 0 Å². The highest BCUT2D eigenvalue weighted by atomic mass is 19.1. The van der Waals surface area contributed by atoms with Gasteiger partial charge in [0.1, 0.15) is 17.3 Å². The van der Waals surface area contributed by atoms with E-state index in [0.717, 1.165) is 16.8 Å². The van der Waals surface area contributed by atoms with Crippen molar-refractivity contribution in [2.75, 3.05) is 0 Å². The number of carboxylic acid groups (broad SMARTS) is 1. The van der Waals surface area contributed by atoms with E-state index in [1.807, 2.05) is 0 Å². The lowest BCUT2D eigenvalue weighted by molar-refractivity contribution is 0.0685. The van der Waals surface area contributed by atoms with Crippen molar-refractivity contribution < 1.29 is 18.7 Å². The molecule has 0 bridgehead atoms. The summed E-state index contributed by atoms with van der Waals surface area (Å²) in [5.74, 6) is -2.63. The van der Waals surface area contributed by atoms with Crippen molar-refractivity contribution >= 4 is 5.97 Å². The molecule has 0 saturated heterocycles. The first-order valence-electron chi connectivity index (χ1n) is 4.72. The fourth-order valence-corrected chi connectivity index (χ4v) is 1.50. The first-order valence-corrected chi connectivity index (χ1v) is 4.72. The van der Waals surface area contributed by atoms with Gasteiger partial charge in [-0.05, 0) is 18.2 Å². The predicted molar refractivity (Wildman–Crippen MR) is 55.5 cm³/mol. The molecule has 1 N–H and O–H groups in total. The van der Waals surface area contributed by atoms with Crippen molar-refractivity contribution in [1.29, 1.82) is 0 Å². The second-order valence-electron chi connectivity index (χ2n) is 3.47. The van der Waals surface area contributed by atoms with Crippen LogP contribution in [0, 0.1) is 11.6 Å². The zero-order valence-corrected chi connectivity index (χ0v) is 8.82. The topological polar surface area (TPSA) is 55.1 Å². The van der Waals surface area contributed by atoms with E-state index < -0.39 is 17.6 Å². The Morgan fingerprint density at radius 1 is 1.35 bits per heavy atom. The number of carboxylic acids is 1. The van der Waals surface area contributed by atoms with Crippen LogP contribution in [0.2, 0.25) is 0 Å². The number of carbonyl (C=O) groups is 1. The molecular weight excluding hydrogens is 230 g/mol. The van der Waals surface area contributed by atoms with Gasteiger partial charge in [-0.25, -0.2) is 13.6 Å². The summed E-state index contributed by atoms with van der Waals surface area (Å²) in [5, 5.41) is 12.7. The lowest BCUT2D eigenvalue weighted by Gasteiger charge is -1.98. The monoisotopic (exact) mass is 238 g/mol. The van der Waals surface area contributed by atoms with Gasteiger partial charge in [0.25, 0.3) is 0 Å². The number of halogens is 2. The van der Waals surface area contributed by atoms with Gasteiger partial charge in [-0.15, -0.1) is 0 Å². The number of rotatable bonds is 2. The zero-order chi connectivity index (χ0) is 12.6. The summed E-state index contributed by atoms with van der Waals surface area (Å²) in [4.78, 5) is 10.8. The molecule has 0 amide bonds. The summed E-state index contributed by atoms with van der Waals surface area (Å²) in [7, 11) is 1.44. The third kappa shape index (κ3) is 2.01. The zero-order valence-electron chi connectivity index (χ0n) is 8.82. The van der Waals surface area contributed by atoms with Crippen molar-refractivity contribution in [3.8, 4) is 11.3 Å². The molecule has 88 valence electrons. The lowest BCUT2D eigenvalue weighted by Crippen LogP contribution is -2.04. The predicted octanol–water partition coefficient (Wildman–Crippen LogP) is 2.06. The van der Waals surface area contributed by atoms with Gasteiger partial charge in [-0.2, -0.15) is 5.10 Å². The van der Waals surface area contributed by atoms with Crippen molar-refractivity contribution in [2.24, 2.45) is 7.05 Å². The lowest BCUT2D eigenvalue weighted by atomic mass is 10.1. The van der Waals surface area contributed by atoms with Gasteiger partial charge >= 0.3 is 5.97 Å². The van der Waals surface area contributed by atoms with E-state index in [1.54, 1.807) is 0 Å². The molecule has 0 aliphatic rings. The Kier molecular flexibility index (Phi) is 2.63. The highest BCUT2D eigenvalue weighted by Gasteiger charge is 2.15. The van der Waals surface area contributed by atoms with Gasteiger partial charge in [-0.1, -0.05) is 0 Å². The molecule has 1 aromatic heterocycles. The molecule has 0 unspecified atom stereocenters. The van der Waals surface area contributed by atoms with Crippen LogP contribution in [0.4, 0.5) is 8.78 Å². The standard InChI is InChI=1S/C11H8F2N2O2/c1-15-10(11(16)17)5-9(14-15)7-3-2-6(12)4-8(7)13/h2-5H,1H3,(H,16,17). The van der Waals surface area contributed by atoms with Crippen LogP contribution in [0.3, 0.4) is 0 Å². The quantitative estimate of drug-likeness (QED) is 0.871. The summed E-state index contributed by atoms with van der Waals surface area (Å²) < 4.78 is 27.3. The van der Waals surface area contributed by atoms with E-state index in [9.17, 15) is 13.6 Å². The van der Waals surface area contributed by atoms with Crippen LogP contribution < -0.4 is 0 Å². The largest absolute Gasteiger partial charge is 0.477 e. The maximum Gasteiger partial charge on any atom is 0.354 e. The number of hydrogen-bond acceptors (Lipinski definition) is 2. The Bertz CT molecular complexity index is 593. The van der Waals surface area contributed by atoms with Crippen molar-refractivity contribution in [3.63, 3.8) is 0 Å². The van der Waals surface area contributed by atoms with Gasteiger partial charge in [0.15, 0.2) is 0 Å². The first kappa shape index (κ1) is 11.3. The third-order valence-corrected chi connectivity index (χ3v) is 2.31. The smallest absolute Gasteiger partial charge is 0.354 e. The summed E-state index contributed by atoms with van der Waals surface area (Å²) in [5.41, 5.74) is 0.153. The van der Waals surface area contributed by atoms with Crippen LogP contribution in [-0.4, -0.2) is 20.9 Å². The van der Waals surface area contributed by atoms with E-state index in [2.05, 4.69) is 5.10 Å². The third-order valence-electron chi connectivity index (χ3n) is 2.31. The minimum Gasteiger partial charge on any atom is -0.477 e. The Morgan fingerprint density at radius 3 is 2.59 bits per heavy atom. The number of nitrogens with zero attached hydrogens (tertiary/aromatic N) is 2. The highest BCUT2D eigenvalue weighted by molar-refractivity contribution is 5.87. The van der Waals surface area contributed by atoms with E-state index >= 15 is 0 Å². The van der Waals surface area contributed by atoms with Crippen LogP contribution in [-0.2, 0) is 7.05 Å². The minimum absolute atomic E-state index is 0.0644. The highest BCUT2D eigenvalue weighted by Crippen LogP contribution is 2.22. The summed E-state index contributed by atoms with van der Waals surface area (Å²) in [6, 6.07) is 4.27. The van der Waals surface area contributed by atoms with Crippen LogP contribution in [0.15, 0.2) is 24.3 Å². The molecule has 1 heterocycles. The van der Waals surface area contributed by atoms with E-state index in [1.165, 1.54) is 19.2 Å². The summed E-state index contributed by atoms with van der Waals surface area (Å²) in [6.07, 6.45) is 0. The molecule has 0 fully saturated rings. The molecule has 2 aromatic rings. The molecule has 0 atom stereocenters. The second kappa shape index (κ2) is 3.97. The normalized spacial score (nSPS) is 10.5. The molecular formula is C11H8F2N2O2. The van der Waals surface area contributed by atoms with Gasteiger partial charge in [0, 0.05) is 18.7 Å². The fourth-order valence-electron chi connectivity index (χ4n) is 1.50. The summed E-state index contributed by atoms with van der Waals surface area (Å²) in [6.45, 7) is 0. The minimum atomic E-state index is -1.16. The Hall–Kier alpha value is -2.24. The molecule has 6 heteroatoms. The van der Waals surface area contributed by atoms with Crippen molar-refractivity contribution in [2.45, 2.75) is 0 Å². The van der Waals surface area contributed by atoms with Crippen molar-refractivity contribution in [1.82, 2.24) is 9.78 Å². The Morgan fingerprint density at radius 2 is 2.06 bits per heavy atom. The van der Waals surface area contributed by atoms with Crippen LogP contribution in [0.1, 0.15) is 10.5 Å². The SMILES string of the molecule is Cn1nc(-c2ccc(F)cc2F)cc1C(=O)O. The van der Waals surface area contributed by atoms with Crippen LogP contribution in [0.5, 0.6) is 0 Å². The number of benzene rings is 1. The molecule has 0 aliphatic carbocycles. The average molecular weight is 238 g/mol. The van der Waals surface area contributed by atoms with E-state index in [4.69, 9.17) is 5.11 Å². The molecule has 0 radical (unpaired) electrons. The Labute approximate surface area is 95.1 Å². The molecule has 0 spiro atoms.